The molecular weight excluding hydrogens is 302 g/mol. The topological polar surface area (TPSA) is 20.3 Å². The Bertz CT molecular complexity index is 500. The van der Waals surface area contributed by atoms with Gasteiger partial charge in [0.15, 0.2) is 5.78 Å². The van der Waals surface area contributed by atoms with E-state index in [4.69, 9.17) is 0 Å². The van der Waals surface area contributed by atoms with Crippen molar-refractivity contribution in [2.45, 2.75) is 45.1 Å². The first-order valence-electron chi connectivity index (χ1n) is 7.24. The zero-order valence-electron chi connectivity index (χ0n) is 11.4. The van der Waals surface area contributed by atoms with E-state index in [9.17, 15) is 4.79 Å². The number of benzene rings is 1. The quantitative estimate of drug-likeness (QED) is 0.751. The van der Waals surface area contributed by atoms with Crippen molar-refractivity contribution in [2.24, 2.45) is 5.92 Å². The van der Waals surface area contributed by atoms with Crippen LogP contribution in [0.25, 0.3) is 0 Å². The minimum absolute atomic E-state index is 0.121. The van der Waals surface area contributed by atoms with Gasteiger partial charge in [-0.2, -0.15) is 0 Å². The second kappa shape index (κ2) is 5.28. The molecule has 1 saturated heterocycles. The molecule has 0 amide bonds. The first-order chi connectivity index (χ1) is 9.16. The van der Waals surface area contributed by atoms with Gasteiger partial charge in [0.1, 0.15) is 0 Å². The van der Waals surface area contributed by atoms with Crippen molar-refractivity contribution in [1.82, 2.24) is 0 Å². The number of ketones is 1. The third-order valence-electron chi connectivity index (χ3n) is 4.67. The second-order valence-electron chi connectivity index (χ2n) is 5.81. The van der Waals surface area contributed by atoms with Gasteiger partial charge in [0, 0.05) is 28.3 Å². The Morgan fingerprint density at radius 3 is 2.79 bits per heavy atom. The summed E-state index contributed by atoms with van der Waals surface area (Å²) in [7, 11) is 0. The molecule has 0 N–H and O–H groups in total. The van der Waals surface area contributed by atoms with Crippen LogP contribution in [0.2, 0.25) is 0 Å². The predicted molar refractivity (Wildman–Crippen MR) is 81.9 cm³/mol. The summed E-state index contributed by atoms with van der Waals surface area (Å²) in [6.45, 7) is 2.79. The number of Topliss-reactive ketones (excluding diaryl/α,β-unsaturated/α-hetero) is 1. The Morgan fingerprint density at radius 2 is 2.05 bits per heavy atom. The van der Waals surface area contributed by atoms with Crippen LogP contribution in [0.3, 0.4) is 0 Å². The van der Waals surface area contributed by atoms with Crippen molar-refractivity contribution < 1.29 is 4.79 Å². The van der Waals surface area contributed by atoms with E-state index in [2.05, 4.69) is 33.0 Å². The summed E-state index contributed by atoms with van der Waals surface area (Å²) < 4.78 is 0.928. The summed E-state index contributed by atoms with van der Waals surface area (Å²) in [5.41, 5.74) is 2.05. The average molecular weight is 322 g/mol. The molecule has 1 aliphatic heterocycles. The summed E-state index contributed by atoms with van der Waals surface area (Å²) in [6.07, 6.45) is 6.83. The van der Waals surface area contributed by atoms with Crippen LogP contribution in [-0.2, 0) is 0 Å². The molecule has 1 heterocycles. The number of hydrogen-bond acceptors (Lipinski definition) is 2. The Hall–Kier alpha value is -0.830. The van der Waals surface area contributed by atoms with Crippen LogP contribution in [-0.4, -0.2) is 18.4 Å². The van der Waals surface area contributed by atoms with E-state index in [-0.39, 0.29) is 5.78 Å². The van der Waals surface area contributed by atoms with E-state index in [1.165, 1.54) is 44.3 Å². The lowest BCUT2D eigenvalue weighted by molar-refractivity contribution is 0.101. The van der Waals surface area contributed by atoms with Gasteiger partial charge in [0.2, 0.25) is 0 Å². The van der Waals surface area contributed by atoms with Gasteiger partial charge in [-0.25, -0.2) is 0 Å². The smallest absolute Gasteiger partial charge is 0.160 e. The predicted octanol–water partition coefficient (Wildman–Crippen LogP) is 4.42. The molecule has 19 heavy (non-hydrogen) atoms. The molecule has 102 valence electrons. The SMILES string of the molecule is CC(=O)c1ccc(N2CCC3CCCCC32)cc1Br. The fourth-order valence-electron chi connectivity index (χ4n) is 3.69. The van der Waals surface area contributed by atoms with E-state index < -0.39 is 0 Å². The Labute approximate surface area is 123 Å². The van der Waals surface area contributed by atoms with Gasteiger partial charge in [-0.3, -0.25) is 4.79 Å². The number of carbonyl (C=O) groups is 1. The highest BCUT2D eigenvalue weighted by atomic mass is 79.9. The van der Waals surface area contributed by atoms with Crippen molar-refractivity contribution in [2.75, 3.05) is 11.4 Å². The number of nitrogens with zero attached hydrogens (tertiary/aromatic N) is 1. The number of fused-ring (bicyclic) bond motifs is 1. The lowest BCUT2D eigenvalue weighted by Gasteiger charge is -2.33. The van der Waals surface area contributed by atoms with Crippen LogP contribution in [0.1, 0.15) is 49.4 Å². The van der Waals surface area contributed by atoms with Gasteiger partial charge >= 0.3 is 0 Å². The molecule has 2 unspecified atom stereocenters. The molecule has 2 fully saturated rings. The van der Waals surface area contributed by atoms with Crippen LogP contribution in [0.4, 0.5) is 5.69 Å². The maximum Gasteiger partial charge on any atom is 0.160 e. The van der Waals surface area contributed by atoms with Crippen molar-refractivity contribution >= 4 is 27.4 Å². The van der Waals surface area contributed by atoms with Gasteiger partial charge in [-0.1, -0.05) is 12.8 Å². The number of hydrogen-bond donors (Lipinski definition) is 0. The van der Waals surface area contributed by atoms with Gasteiger partial charge in [-0.15, -0.1) is 0 Å². The lowest BCUT2D eigenvalue weighted by Crippen LogP contribution is -2.34. The summed E-state index contributed by atoms with van der Waals surface area (Å²) in [6, 6.07) is 6.91. The van der Waals surface area contributed by atoms with Gasteiger partial charge in [0.25, 0.3) is 0 Å². The van der Waals surface area contributed by atoms with Gasteiger partial charge in [0.05, 0.1) is 0 Å². The zero-order valence-corrected chi connectivity index (χ0v) is 12.9. The van der Waals surface area contributed by atoms with Crippen molar-refractivity contribution in [1.29, 1.82) is 0 Å². The molecule has 3 heteroatoms. The lowest BCUT2D eigenvalue weighted by atomic mass is 9.85. The molecule has 1 aliphatic carbocycles. The van der Waals surface area contributed by atoms with Gasteiger partial charge < -0.3 is 4.90 Å². The molecule has 2 nitrogen and oxygen atoms in total. The minimum atomic E-state index is 0.121. The van der Waals surface area contributed by atoms with Crippen molar-refractivity contribution in [3.63, 3.8) is 0 Å². The number of carbonyl (C=O) groups excluding carboxylic acids is 1. The number of halogens is 1. The van der Waals surface area contributed by atoms with Gasteiger partial charge in [-0.05, 0) is 66.2 Å². The van der Waals surface area contributed by atoms with Crippen LogP contribution >= 0.6 is 15.9 Å². The van der Waals surface area contributed by atoms with E-state index in [0.29, 0.717) is 0 Å². The van der Waals surface area contributed by atoms with Crippen molar-refractivity contribution in [3.05, 3.63) is 28.2 Å². The number of anilines is 1. The average Bonchev–Trinajstić information content (AvgIpc) is 2.82. The molecule has 0 spiro atoms. The standard InChI is InChI=1S/C16H20BrNO/c1-11(19)14-7-6-13(10-15(14)17)18-9-8-12-4-2-3-5-16(12)18/h6-7,10,12,16H,2-5,8-9H2,1H3. The molecule has 1 aromatic rings. The minimum Gasteiger partial charge on any atom is -0.368 e. The van der Waals surface area contributed by atoms with E-state index in [0.717, 1.165) is 22.0 Å². The molecular formula is C16H20BrNO. The molecule has 3 rings (SSSR count). The second-order valence-corrected chi connectivity index (χ2v) is 6.67. The highest BCUT2D eigenvalue weighted by Gasteiger charge is 2.35. The first kappa shape index (κ1) is 13.2. The fraction of sp³-hybridized carbons (Fsp3) is 0.562. The molecule has 0 radical (unpaired) electrons. The van der Waals surface area contributed by atoms with E-state index in [1.54, 1.807) is 6.92 Å². The van der Waals surface area contributed by atoms with Crippen LogP contribution in [0, 0.1) is 5.92 Å². The monoisotopic (exact) mass is 321 g/mol. The number of rotatable bonds is 2. The summed E-state index contributed by atoms with van der Waals surface area (Å²) >= 11 is 3.54. The maximum absolute atomic E-state index is 11.5. The van der Waals surface area contributed by atoms with E-state index in [1.807, 2.05) is 6.07 Å². The normalized spacial score (nSPS) is 26.3. The Morgan fingerprint density at radius 1 is 1.26 bits per heavy atom. The Balaban J connectivity index is 1.86. The molecule has 2 aliphatic rings. The molecule has 0 bridgehead atoms. The third-order valence-corrected chi connectivity index (χ3v) is 5.33. The maximum atomic E-state index is 11.5. The van der Waals surface area contributed by atoms with Crippen LogP contribution in [0.15, 0.2) is 22.7 Å². The highest BCUT2D eigenvalue weighted by molar-refractivity contribution is 9.10. The Kier molecular flexibility index (Phi) is 3.66. The molecule has 2 atom stereocenters. The summed E-state index contributed by atoms with van der Waals surface area (Å²) in [5, 5.41) is 0. The van der Waals surface area contributed by atoms with E-state index >= 15 is 0 Å². The molecule has 1 aromatic carbocycles. The largest absolute Gasteiger partial charge is 0.368 e. The first-order valence-corrected chi connectivity index (χ1v) is 8.03. The van der Waals surface area contributed by atoms with Crippen molar-refractivity contribution in [3.8, 4) is 0 Å². The fourth-order valence-corrected chi connectivity index (χ4v) is 4.34. The summed E-state index contributed by atoms with van der Waals surface area (Å²) in [5.74, 6) is 1.01. The highest BCUT2D eigenvalue weighted by Crippen LogP contribution is 2.39. The summed E-state index contributed by atoms with van der Waals surface area (Å²) in [4.78, 5) is 14.0. The van der Waals surface area contributed by atoms with Crippen LogP contribution < -0.4 is 4.90 Å². The zero-order chi connectivity index (χ0) is 13.4. The molecule has 0 aromatic heterocycles. The van der Waals surface area contributed by atoms with Crippen LogP contribution in [0.5, 0.6) is 0 Å². The third kappa shape index (κ3) is 2.45. The molecule has 1 saturated carbocycles.